The minimum atomic E-state index is -0.746. The van der Waals surface area contributed by atoms with E-state index in [0.717, 1.165) is 0 Å². The molecule has 2 aromatic carbocycles. The van der Waals surface area contributed by atoms with Gasteiger partial charge in [-0.15, -0.1) is 0 Å². The summed E-state index contributed by atoms with van der Waals surface area (Å²) in [4.78, 5) is 30.7. The zero-order valence-corrected chi connectivity index (χ0v) is 29.3. The second-order valence-electron chi connectivity index (χ2n) is 9.60. The fourth-order valence-corrected chi connectivity index (χ4v) is 3.53. The molecule has 0 fully saturated rings. The molecule has 0 unspecified atom stereocenters. The number of nitrogens with one attached hydrogen (secondary N) is 2. The van der Waals surface area contributed by atoms with Gasteiger partial charge in [-0.1, -0.05) is 72.2 Å². The summed E-state index contributed by atoms with van der Waals surface area (Å²) in [6.07, 6.45) is 15.4. The maximum Gasteiger partial charge on any atom is 2.00 e. The molecule has 0 saturated heterocycles. The van der Waals surface area contributed by atoms with E-state index in [1.165, 1.54) is 75.1 Å². The number of nitrogens with zero attached hydrogens (tertiary/aromatic N) is 8. The SMILES string of the molecule is CC(C)=O.[Cu+2].[Cu+2].[O-]/C(=N\N=C\c1ccccc1[O-])c1cccnc1-c1ncccc1/C([O-])=N/N=C/c1ccccc1[O-].c1c[nH]cn1.c1c[nH]cn1. The van der Waals surface area contributed by atoms with Crippen LogP contribution in [0, 0.1) is 0 Å². The quantitative estimate of drug-likeness (QED) is 0.104. The second kappa shape index (κ2) is 24.8. The van der Waals surface area contributed by atoms with Crippen molar-refractivity contribution in [1.29, 1.82) is 0 Å². The van der Waals surface area contributed by atoms with Crippen molar-refractivity contribution in [2.75, 3.05) is 0 Å². The minimum absolute atomic E-state index is 0. The van der Waals surface area contributed by atoms with E-state index in [0.29, 0.717) is 0 Å². The molecular weight excluding hydrogens is 768 g/mol. The van der Waals surface area contributed by atoms with Gasteiger partial charge < -0.3 is 35.2 Å². The number of Topliss-reactive ketones (excluding diaryl/α,β-unsaturated/α-hetero) is 1. The summed E-state index contributed by atoms with van der Waals surface area (Å²) < 4.78 is 0. The third kappa shape index (κ3) is 15.5. The molecule has 2 radical (unpaired) electrons. The number of hydrogen-bond donors (Lipinski definition) is 2. The van der Waals surface area contributed by atoms with Crippen LogP contribution in [0.15, 0.2) is 143 Å². The second-order valence-corrected chi connectivity index (χ2v) is 9.60. The van der Waals surface area contributed by atoms with Gasteiger partial charge in [0.1, 0.15) is 5.78 Å². The van der Waals surface area contributed by atoms with Gasteiger partial charge >= 0.3 is 34.1 Å². The summed E-state index contributed by atoms with van der Waals surface area (Å²) >= 11 is 0. The zero-order valence-electron chi connectivity index (χ0n) is 27.4. The fourth-order valence-electron chi connectivity index (χ4n) is 3.53. The van der Waals surface area contributed by atoms with Crippen molar-refractivity contribution in [2.45, 2.75) is 13.8 Å². The Hall–Kier alpha value is -6.25. The number of benzene rings is 2. The molecule has 0 aliphatic heterocycles. The van der Waals surface area contributed by atoms with Gasteiger partial charge in [0.2, 0.25) is 0 Å². The Kier molecular flexibility index (Phi) is 20.9. The van der Waals surface area contributed by atoms with Gasteiger partial charge in [0.25, 0.3) is 0 Å². The molecule has 0 spiro atoms. The predicted molar refractivity (Wildman–Crippen MR) is 181 cm³/mol. The van der Waals surface area contributed by atoms with Crippen LogP contribution >= 0.6 is 0 Å². The van der Waals surface area contributed by atoms with Crippen molar-refractivity contribution in [3.8, 4) is 22.9 Å². The van der Waals surface area contributed by atoms with Crippen LogP contribution in [0.2, 0.25) is 0 Å². The molecule has 6 aromatic rings. The molecule has 0 aliphatic carbocycles. The number of imidazole rings is 2. The molecule has 0 aliphatic rings. The summed E-state index contributed by atoms with van der Waals surface area (Å²) in [5.41, 5.74) is 0.834. The smallest absolute Gasteiger partial charge is 0.872 e. The van der Waals surface area contributed by atoms with Gasteiger partial charge in [-0.25, -0.2) is 9.97 Å². The van der Waals surface area contributed by atoms with Crippen LogP contribution in [0.4, 0.5) is 0 Å². The summed E-state index contributed by atoms with van der Waals surface area (Å²) in [6, 6.07) is 18.4. The Bertz CT molecular complexity index is 1840. The van der Waals surface area contributed by atoms with Crippen LogP contribution in [0.5, 0.6) is 11.5 Å². The third-order valence-electron chi connectivity index (χ3n) is 5.64. The Morgan fingerprint density at radius 3 is 1.31 bits per heavy atom. The van der Waals surface area contributed by atoms with Crippen molar-refractivity contribution in [2.24, 2.45) is 20.4 Å². The number of H-pyrrole nitrogens is 2. The average Bonchev–Trinajstić information content (AvgIpc) is 3.91. The Morgan fingerprint density at radius 2 is 1.00 bits per heavy atom. The summed E-state index contributed by atoms with van der Waals surface area (Å²) in [5.74, 6) is -1.84. The number of carbonyl (C=O) groups is 1. The molecule has 272 valence electrons. The van der Waals surface area contributed by atoms with E-state index in [9.17, 15) is 25.2 Å². The first-order chi connectivity index (χ1) is 24.3. The van der Waals surface area contributed by atoms with Gasteiger partial charge in [-0.3, -0.25) is 9.97 Å². The monoisotopic (exact) mass is 796 g/mol. The topological polar surface area (TPSA) is 242 Å². The number of hydrogen-bond acceptors (Lipinski definition) is 13. The number of aromatic nitrogens is 6. The largest absolute Gasteiger partial charge is 2.00 e. The maximum absolute atomic E-state index is 12.8. The molecule has 4 heterocycles. The number of pyridine rings is 2. The maximum atomic E-state index is 12.8. The van der Waals surface area contributed by atoms with E-state index in [1.807, 2.05) is 0 Å². The van der Waals surface area contributed by atoms with Gasteiger partial charge in [0.15, 0.2) is 0 Å². The first kappa shape index (κ1) is 43.8. The van der Waals surface area contributed by atoms with Crippen molar-refractivity contribution in [1.82, 2.24) is 29.9 Å². The number of rotatable bonds is 7. The summed E-state index contributed by atoms with van der Waals surface area (Å²) in [7, 11) is 0. The number of carbonyl (C=O) groups excluding carboxylic acids is 1. The first-order valence-corrected chi connectivity index (χ1v) is 14.6. The molecular formula is C35H30Cu2N10O5. The molecule has 0 saturated carbocycles. The van der Waals surface area contributed by atoms with Gasteiger partial charge in [-0.05, 0) is 37.1 Å². The average molecular weight is 798 g/mol. The van der Waals surface area contributed by atoms with Crippen LogP contribution in [0.1, 0.15) is 36.1 Å². The summed E-state index contributed by atoms with van der Waals surface area (Å²) in [5, 5.41) is 63.8. The Balaban J connectivity index is 0.000000705. The predicted octanol–water partition coefficient (Wildman–Crippen LogP) is 1.98. The molecule has 17 heteroatoms. The first-order valence-electron chi connectivity index (χ1n) is 14.6. The van der Waals surface area contributed by atoms with Crippen LogP contribution in [-0.2, 0) is 38.9 Å². The van der Waals surface area contributed by atoms with Crippen LogP contribution in [-0.4, -0.2) is 59.9 Å². The number of aromatic amines is 2. The summed E-state index contributed by atoms with van der Waals surface area (Å²) in [6.45, 7) is 3.06. The van der Waals surface area contributed by atoms with E-state index < -0.39 is 11.8 Å². The standard InChI is InChI=1S/C26H20N6O4.2C3H4N2.C3H6O.2Cu/c33-21-11-3-1-7-17(21)15-29-31-25(35)19-9-5-13-27-23(19)24-20(10-6-14-28-24)26(36)32-30-16-18-8-2-4-12-22(18)34;2*1-2-5-3-4-1;1-3(2)4;;/h1-16,33-34H,(H,31,35)(H,32,36);2*1-3H,(H,4,5);1-2H3;;/q;;;;2*+2/p-4/b29-15+,30-16+;;;;;. The van der Waals surface area contributed by atoms with Gasteiger partial charge in [-0.2, -0.15) is 20.4 Å². The van der Waals surface area contributed by atoms with E-state index in [4.69, 9.17) is 0 Å². The molecule has 0 atom stereocenters. The van der Waals surface area contributed by atoms with E-state index in [1.54, 1.807) is 73.8 Å². The van der Waals surface area contributed by atoms with Crippen LogP contribution in [0.3, 0.4) is 0 Å². The number of para-hydroxylation sites is 2. The van der Waals surface area contributed by atoms with E-state index in [-0.39, 0.29) is 85.1 Å². The van der Waals surface area contributed by atoms with Crippen LogP contribution < -0.4 is 20.4 Å². The molecule has 15 nitrogen and oxygen atoms in total. The normalized spacial score (nSPS) is 10.7. The molecule has 6 rings (SSSR count). The molecule has 0 bridgehead atoms. The fraction of sp³-hybridized carbons (Fsp3) is 0.0571. The van der Waals surface area contributed by atoms with E-state index >= 15 is 0 Å². The zero-order chi connectivity index (χ0) is 36.0. The molecule has 0 amide bonds. The number of ketones is 1. The molecule has 52 heavy (non-hydrogen) atoms. The third-order valence-corrected chi connectivity index (χ3v) is 5.64. The van der Waals surface area contributed by atoms with Crippen molar-refractivity contribution >= 4 is 30.0 Å². The van der Waals surface area contributed by atoms with Gasteiger partial charge in [0.05, 0.1) is 36.5 Å². The van der Waals surface area contributed by atoms with Crippen molar-refractivity contribution in [3.63, 3.8) is 0 Å². The molecule has 2 N–H and O–H groups in total. The molecule has 4 aromatic heterocycles. The van der Waals surface area contributed by atoms with E-state index in [2.05, 4.69) is 50.3 Å². The van der Waals surface area contributed by atoms with Crippen LogP contribution in [0.25, 0.3) is 11.4 Å². The van der Waals surface area contributed by atoms with Crippen molar-refractivity contribution in [3.05, 3.63) is 145 Å². The van der Waals surface area contributed by atoms with Gasteiger partial charge in [0, 0.05) is 60.1 Å². The van der Waals surface area contributed by atoms with Crippen molar-refractivity contribution < 1.29 is 59.4 Å². The Morgan fingerprint density at radius 1 is 0.615 bits per heavy atom. The Labute approximate surface area is 320 Å². The minimum Gasteiger partial charge on any atom is -0.872 e.